The molecule has 96 valence electrons. The van der Waals surface area contributed by atoms with Crippen molar-refractivity contribution in [3.63, 3.8) is 0 Å². The second kappa shape index (κ2) is 5.53. The van der Waals surface area contributed by atoms with Gasteiger partial charge in [0, 0.05) is 19.4 Å². The van der Waals surface area contributed by atoms with Crippen LogP contribution in [0.1, 0.15) is 13.8 Å². The molecule has 0 aromatic carbocycles. The molecule has 2 aromatic heterocycles. The van der Waals surface area contributed by atoms with E-state index in [1.807, 2.05) is 31.7 Å². The SMILES string of the molecule is CC(C)Oc1nc(Cl)nc(Sc2nccn2C)n1. The number of halogens is 1. The first-order valence-corrected chi connectivity index (χ1v) is 6.47. The largest absolute Gasteiger partial charge is 0.461 e. The lowest BCUT2D eigenvalue weighted by molar-refractivity contribution is 0.219. The monoisotopic (exact) mass is 285 g/mol. The summed E-state index contributed by atoms with van der Waals surface area (Å²) in [5.41, 5.74) is 0. The molecule has 0 radical (unpaired) electrons. The van der Waals surface area contributed by atoms with E-state index in [1.165, 1.54) is 11.8 Å². The van der Waals surface area contributed by atoms with Crippen LogP contribution in [-0.2, 0) is 7.05 Å². The fraction of sp³-hybridized carbons (Fsp3) is 0.400. The van der Waals surface area contributed by atoms with E-state index in [1.54, 1.807) is 6.20 Å². The summed E-state index contributed by atoms with van der Waals surface area (Å²) in [5.74, 6) is 0. The Hall–Kier alpha value is -1.34. The Morgan fingerprint density at radius 1 is 1.33 bits per heavy atom. The number of hydrogen-bond donors (Lipinski definition) is 0. The molecule has 0 aliphatic carbocycles. The van der Waals surface area contributed by atoms with Crippen molar-refractivity contribution in [3.8, 4) is 6.01 Å². The zero-order valence-corrected chi connectivity index (χ0v) is 11.7. The molecule has 0 N–H and O–H groups in total. The van der Waals surface area contributed by atoms with E-state index >= 15 is 0 Å². The smallest absolute Gasteiger partial charge is 0.322 e. The molecule has 0 aliphatic rings. The van der Waals surface area contributed by atoms with Crippen molar-refractivity contribution in [3.05, 3.63) is 17.7 Å². The van der Waals surface area contributed by atoms with Crippen LogP contribution in [0.25, 0.3) is 0 Å². The standard InChI is InChI=1S/C10H12ClN5OS/c1-6(2)17-8-13-7(11)14-9(15-8)18-10-12-4-5-16(10)3/h4-6H,1-3H3. The molecular formula is C10H12ClN5OS. The molecule has 2 aromatic rings. The fourth-order valence-corrected chi connectivity index (χ4v) is 2.10. The Bertz CT molecular complexity index is 545. The first kappa shape index (κ1) is 13.1. The molecule has 0 spiro atoms. The van der Waals surface area contributed by atoms with Crippen LogP contribution in [0.5, 0.6) is 6.01 Å². The van der Waals surface area contributed by atoms with Crippen LogP contribution < -0.4 is 4.74 Å². The highest BCUT2D eigenvalue weighted by atomic mass is 35.5. The Balaban J connectivity index is 2.23. The molecule has 6 nitrogen and oxygen atoms in total. The molecule has 0 atom stereocenters. The van der Waals surface area contributed by atoms with Gasteiger partial charge in [0.1, 0.15) is 0 Å². The topological polar surface area (TPSA) is 65.7 Å². The second-order valence-corrected chi connectivity index (χ2v) is 5.03. The maximum absolute atomic E-state index is 5.83. The predicted molar refractivity (Wildman–Crippen MR) is 67.9 cm³/mol. The molecule has 2 rings (SSSR count). The van der Waals surface area contributed by atoms with Gasteiger partial charge in [0.05, 0.1) is 6.10 Å². The first-order chi connectivity index (χ1) is 8.54. The summed E-state index contributed by atoms with van der Waals surface area (Å²) in [6, 6.07) is 0.224. The summed E-state index contributed by atoms with van der Waals surface area (Å²) in [6.45, 7) is 3.78. The highest BCUT2D eigenvalue weighted by Gasteiger charge is 2.11. The Morgan fingerprint density at radius 2 is 2.11 bits per heavy atom. The summed E-state index contributed by atoms with van der Waals surface area (Å²) >= 11 is 7.13. The summed E-state index contributed by atoms with van der Waals surface area (Å²) in [5, 5.41) is 1.34. The summed E-state index contributed by atoms with van der Waals surface area (Å²) in [7, 11) is 1.89. The van der Waals surface area contributed by atoms with Crippen molar-refractivity contribution in [2.24, 2.45) is 7.05 Å². The van der Waals surface area contributed by atoms with E-state index in [0.29, 0.717) is 5.16 Å². The predicted octanol–water partition coefficient (Wildman–Crippen LogP) is 2.20. The Kier molecular flexibility index (Phi) is 4.03. The van der Waals surface area contributed by atoms with Crippen LogP contribution in [0.15, 0.2) is 22.7 Å². The summed E-state index contributed by atoms with van der Waals surface area (Å²) < 4.78 is 7.26. The molecule has 2 heterocycles. The van der Waals surface area contributed by atoms with Crippen molar-refractivity contribution < 1.29 is 4.74 Å². The molecular weight excluding hydrogens is 274 g/mol. The van der Waals surface area contributed by atoms with Gasteiger partial charge in [-0.15, -0.1) is 0 Å². The van der Waals surface area contributed by atoms with Gasteiger partial charge in [0.15, 0.2) is 5.16 Å². The van der Waals surface area contributed by atoms with Crippen LogP contribution in [0.4, 0.5) is 0 Å². The second-order valence-electron chi connectivity index (χ2n) is 3.76. The molecule has 0 unspecified atom stereocenters. The van der Waals surface area contributed by atoms with Crippen molar-refractivity contribution in [1.29, 1.82) is 0 Å². The van der Waals surface area contributed by atoms with Gasteiger partial charge in [0.2, 0.25) is 10.4 Å². The van der Waals surface area contributed by atoms with Crippen LogP contribution in [0.2, 0.25) is 5.28 Å². The molecule has 0 fully saturated rings. The van der Waals surface area contributed by atoms with Crippen LogP contribution in [0, 0.1) is 0 Å². The average molecular weight is 286 g/mol. The zero-order valence-electron chi connectivity index (χ0n) is 10.2. The molecule has 8 heteroatoms. The average Bonchev–Trinajstić information content (AvgIpc) is 2.62. The lowest BCUT2D eigenvalue weighted by Gasteiger charge is -2.08. The zero-order chi connectivity index (χ0) is 13.1. The molecule has 18 heavy (non-hydrogen) atoms. The van der Waals surface area contributed by atoms with E-state index in [0.717, 1.165) is 5.16 Å². The van der Waals surface area contributed by atoms with Gasteiger partial charge in [-0.3, -0.25) is 0 Å². The van der Waals surface area contributed by atoms with Gasteiger partial charge in [-0.2, -0.15) is 15.0 Å². The molecule has 0 saturated carbocycles. The lowest BCUT2D eigenvalue weighted by atomic mass is 10.5. The van der Waals surface area contributed by atoms with E-state index in [4.69, 9.17) is 16.3 Å². The van der Waals surface area contributed by atoms with E-state index in [9.17, 15) is 0 Å². The number of nitrogens with zero attached hydrogens (tertiary/aromatic N) is 5. The van der Waals surface area contributed by atoms with Gasteiger partial charge < -0.3 is 9.30 Å². The van der Waals surface area contributed by atoms with Crippen LogP contribution in [0.3, 0.4) is 0 Å². The number of imidazole rings is 1. The molecule has 0 bridgehead atoms. The number of hydrogen-bond acceptors (Lipinski definition) is 6. The fourth-order valence-electron chi connectivity index (χ4n) is 1.16. The Morgan fingerprint density at radius 3 is 2.72 bits per heavy atom. The first-order valence-electron chi connectivity index (χ1n) is 5.28. The number of aryl methyl sites for hydroxylation is 1. The van der Waals surface area contributed by atoms with Crippen molar-refractivity contribution in [2.75, 3.05) is 0 Å². The van der Waals surface area contributed by atoms with Gasteiger partial charge >= 0.3 is 6.01 Å². The van der Waals surface area contributed by atoms with Gasteiger partial charge in [-0.05, 0) is 37.2 Å². The minimum Gasteiger partial charge on any atom is -0.461 e. The third-order valence-electron chi connectivity index (χ3n) is 1.87. The third-order valence-corrected chi connectivity index (χ3v) is 2.98. The van der Waals surface area contributed by atoms with Gasteiger partial charge in [-0.1, -0.05) is 0 Å². The van der Waals surface area contributed by atoms with Crippen LogP contribution in [-0.4, -0.2) is 30.6 Å². The van der Waals surface area contributed by atoms with Crippen LogP contribution >= 0.6 is 23.4 Å². The molecule has 0 saturated heterocycles. The van der Waals surface area contributed by atoms with E-state index in [-0.39, 0.29) is 17.4 Å². The van der Waals surface area contributed by atoms with Crippen molar-refractivity contribution in [1.82, 2.24) is 24.5 Å². The molecule has 0 amide bonds. The number of ether oxygens (including phenoxy) is 1. The maximum atomic E-state index is 5.83. The Labute approximate surface area is 114 Å². The van der Waals surface area contributed by atoms with E-state index in [2.05, 4.69) is 19.9 Å². The minimum atomic E-state index is -0.0190. The highest BCUT2D eigenvalue weighted by Crippen LogP contribution is 2.24. The maximum Gasteiger partial charge on any atom is 0.322 e. The third kappa shape index (κ3) is 3.33. The molecule has 0 aliphatic heterocycles. The summed E-state index contributed by atoms with van der Waals surface area (Å²) in [6.07, 6.45) is 3.53. The van der Waals surface area contributed by atoms with Crippen molar-refractivity contribution >= 4 is 23.4 Å². The summed E-state index contributed by atoms with van der Waals surface area (Å²) in [4.78, 5) is 16.3. The highest BCUT2D eigenvalue weighted by molar-refractivity contribution is 7.99. The van der Waals surface area contributed by atoms with Gasteiger partial charge in [-0.25, -0.2) is 4.98 Å². The number of aromatic nitrogens is 5. The van der Waals surface area contributed by atoms with E-state index < -0.39 is 0 Å². The quantitative estimate of drug-likeness (QED) is 0.858. The minimum absolute atomic E-state index is 0.0190. The lowest BCUT2D eigenvalue weighted by Crippen LogP contribution is -2.09. The number of rotatable bonds is 4. The van der Waals surface area contributed by atoms with Crippen molar-refractivity contribution in [2.45, 2.75) is 30.3 Å². The van der Waals surface area contributed by atoms with Gasteiger partial charge in [0.25, 0.3) is 0 Å². The normalized spacial score (nSPS) is 10.9.